The van der Waals surface area contributed by atoms with Crippen LogP contribution in [0.2, 0.25) is 5.02 Å². The maximum Gasteiger partial charge on any atom is 0.243 e. The molecule has 19 heavy (non-hydrogen) atoms. The lowest BCUT2D eigenvalue weighted by molar-refractivity contribution is 0.274. The average Bonchev–Trinajstić information content (AvgIpc) is 2.83. The zero-order chi connectivity index (χ0) is 14.0. The Morgan fingerprint density at radius 1 is 1.53 bits per heavy atom. The molecular formula is C11H13ClFNO3S2. The highest BCUT2D eigenvalue weighted by molar-refractivity contribution is 7.99. The fourth-order valence-electron chi connectivity index (χ4n) is 1.84. The predicted octanol–water partition coefficient (Wildman–Crippen LogP) is 1.76. The van der Waals surface area contributed by atoms with E-state index in [4.69, 9.17) is 16.7 Å². The van der Waals surface area contributed by atoms with Crippen LogP contribution in [0.25, 0.3) is 0 Å². The standard InChI is InChI=1S/C11H13ClFNO3S2/c12-8-3-7(5-15)11(13)10(4-8)19(16,17)14-9-1-2-18-6-9/h3-4,9,14-15H,1-2,5-6H2. The Morgan fingerprint density at radius 3 is 2.84 bits per heavy atom. The molecule has 1 heterocycles. The smallest absolute Gasteiger partial charge is 0.243 e. The molecule has 0 aliphatic carbocycles. The maximum absolute atomic E-state index is 14.0. The van der Waals surface area contributed by atoms with Crippen LogP contribution in [-0.2, 0) is 16.6 Å². The number of benzene rings is 1. The van der Waals surface area contributed by atoms with Gasteiger partial charge in [-0.15, -0.1) is 0 Å². The molecule has 106 valence electrons. The molecule has 0 amide bonds. The first kappa shape index (κ1) is 15.1. The number of halogens is 2. The Labute approximate surface area is 120 Å². The summed E-state index contributed by atoms with van der Waals surface area (Å²) in [4.78, 5) is -0.513. The molecule has 0 aromatic heterocycles. The quantitative estimate of drug-likeness (QED) is 0.885. The van der Waals surface area contributed by atoms with Gasteiger partial charge in [0.05, 0.1) is 6.61 Å². The van der Waals surface area contributed by atoms with Gasteiger partial charge in [0.1, 0.15) is 10.7 Å². The normalized spacial score (nSPS) is 19.8. The van der Waals surface area contributed by atoms with E-state index in [1.807, 2.05) is 0 Å². The van der Waals surface area contributed by atoms with Gasteiger partial charge in [0.15, 0.2) is 0 Å². The van der Waals surface area contributed by atoms with Crippen LogP contribution in [0.1, 0.15) is 12.0 Å². The Morgan fingerprint density at radius 2 is 2.26 bits per heavy atom. The Kier molecular flexibility index (Phi) is 4.73. The minimum absolute atomic E-state index is 0.0756. The van der Waals surface area contributed by atoms with Gasteiger partial charge in [0, 0.05) is 22.4 Å². The molecule has 1 saturated heterocycles. The largest absolute Gasteiger partial charge is 0.392 e. The van der Waals surface area contributed by atoms with E-state index in [0.717, 1.165) is 18.2 Å². The number of hydrogen-bond donors (Lipinski definition) is 2. The molecule has 0 spiro atoms. The van der Waals surface area contributed by atoms with Crippen molar-refractivity contribution >= 4 is 33.4 Å². The number of aliphatic hydroxyl groups is 1. The van der Waals surface area contributed by atoms with Gasteiger partial charge in [-0.1, -0.05) is 11.6 Å². The minimum atomic E-state index is -3.96. The van der Waals surface area contributed by atoms with E-state index in [0.29, 0.717) is 5.75 Å². The van der Waals surface area contributed by atoms with Gasteiger partial charge in [-0.3, -0.25) is 0 Å². The van der Waals surface area contributed by atoms with E-state index in [1.165, 1.54) is 6.07 Å². The second kappa shape index (κ2) is 5.97. The van der Waals surface area contributed by atoms with Gasteiger partial charge < -0.3 is 5.11 Å². The summed E-state index contributed by atoms with van der Waals surface area (Å²) >= 11 is 7.40. The molecule has 2 N–H and O–H groups in total. The highest BCUT2D eigenvalue weighted by atomic mass is 35.5. The van der Waals surface area contributed by atoms with Crippen molar-refractivity contribution in [3.63, 3.8) is 0 Å². The summed E-state index contributed by atoms with van der Waals surface area (Å²) in [7, 11) is -3.96. The summed E-state index contributed by atoms with van der Waals surface area (Å²) in [5, 5.41) is 9.08. The van der Waals surface area contributed by atoms with Crippen molar-refractivity contribution in [2.24, 2.45) is 0 Å². The van der Waals surface area contributed by atoms with Gasteiger partial charge in [-0.25, -0.2) is 17.5 Å². The molecule has 4 nitrogen and oxygen atoms in total. The highest BCUT2D eigenvalue weighted by Gasteiger charge is 2.27. The monoisotopic (exact) mass is 325 g/mol. The van der Waals surface area contributed by atoms with E-state index in [9.17, 15) is 12.8 Å². The average molecular weight is 326 g/mol. The predicted molar refractivity (Wildman–Crippen MR) is 73.4 cm³/mol. The zero-order valence-corrected chi connectivity index (χ0v) is 12.3. The van der Waals surface area contributed by atoms with Crippen molar-refractivity contribution < 1.29 is 17.9 Å². The van der Waals surface area contributed by atoms with Gasteiger partial charge in [0.25, 0.3) is 0 Å². The molecule has 1 fully saturated rings. The van der Waals surface area contributed by atoms with Crippen LogP contribution in [0.3, 0.4) is 0 Å². The van der Waals surface area contributed by atoms with Crippen molar-refractivity contribution in [2.45, 2.75) is 24.0 Å². The first-order valence-electron chi connectivity index (χ1n) is 5.63. The molecule has 1 atom stereocenters. The number of thioether (sulfide) groups is 1. The summed E-state index contributed by atoms with van der Waals surface area (Å²) in [6.45, 7) is -0.603. The molecule has 1 aromatic carbocycles. The van der Waals surface area contributed by atoms with E-state index in [2.05, 4.69) is 4.72 Å². The van der Waals surface area contributed by atoms with Crippen molar-refractivity contribution in [1.82, 2.24) is 4.72 Å². The SMILES string of the molecule is O=S(=O)(NC1CCSC1)c1cc(Cl)cc(CO)c1F. The maximum atomic E-state index is 14.0. The molecule has 0 radical (unpaired) electrons. The number of hydrogen-bond acceptors (Lipinski definition) is 4. The number of aliphatic hydroxyl groups excluding tert-OH is 1. The second-order valence-corrected chi connectivity index (χ2v) is 7.49. The summed E-state index contributed by atoms with van der Waals surface area (Å²) < 4.78 is 40.7. The summed E-state index contributed by atoms with van der Waals surface area (Å²) in [6.07, 6.45) is 0.721. The van der Waals surface area contributed by atoms with E-state index in [1.54, 1.807) is 11.8 Å². The number of rotatable bonds is 4. The third kappa shape index (κ3) is 3.41. The van der Waals surface area contributed by atoms with Crippen LogP contribution < -0.4 is 4.72 Å². The highest BCUT2D eigenvalue weighted by Crippen LogP contribution is 2.25. The molecule has 1 aromatic rings. The van der Waals surface area contributed by atoms with Crippen molar-refractivity contribution in [2.75, 3.05) is 11.5 Å². The van der Waals surface area contributed by atoms with Crippen LogP contribution >= 0.6 is 23.4 Å². The Hall–Kier alpha value is -0.340. The van der Waals surface area contributed by atoms with Gasteiger partial charge in [0.2, 0.25) is 10.0 Å². The van der Waals surface area contributed by atoms with E-state index >= 15 is 0 Å². The molecular weight excluding hydrogens is 313 g/mol. The Bertz CT molecular complexity index is 574. The molecule has 0 bridgehead atoms. The summed E-state index contributed by atoms with van der Waals surface area (Å²) in [5.41, 5.74) is -0.131. The van der Waals surface area contributed by atoms with Crippen molar-refractivity contribution in [3.8, 4) is 0 Å². The third-order valence-corrected chi connectivity index (χ3v) is 5.69. The second-order valence-electron chi connectivity index (χ2n) is 4.22. The summed E-state index contributed by atoms with van der Waals surface area (Å²) in [6, 6.07) is 2.08. The van der Waals surface area contributed by atoms with Crippen molar-refractivity contribution in [3.05, 3.63) is 28.5 Å². The van der Waals surface area contributed by atoms with Crippen molar-refractivity contribution in [1.29, 1.82) is 0 Å². The molecule has 0 saturated carbocycles. The fourth-order valence-corrected chi connectivity index (χ4v) is 4.82. The topological polar surface area (TPSA) is 66.4 Å². The van der Waals surface area contributed by atoms with E-state index in [-0.39, 0.29) is 16.6 Å². The zero-order valence-electron chi connectivity index (χ0n) is 9.90. The first-order valence-corrected chi connectivity index (χ1v) is 8.64. The molecule has 1 unspecified atom stereocenters. The van der Waals surface area contributed by atoms with Gasteiger partial charge in [-0.2, -0.15) is 11.8 Å². The molecule has 1 aliphatic rings. The van der Waals surface area contributed by atoms with E-state index < -0.39 is 27.3 Å². The van der Waals surface area contributed by atoms with Crippen LogP contribution in [0.5, 0.6) is 0 Å². The lowest BCUT2D eigenvalue weighted by Crippen LogP contribution is -2.35. The van der Waals surface area contributed by atoms with Crippen LogP contribution in [-0.4, -0.2) is 31.1 Å². The van der Waals surface area contributed by atoms with Crippen LogP contribution in [0.4, 0.5) is 4.39 Å². The third-order valence-electron chi connectivity index (χ3n) is 2.79. The van der Waals surface area contributed by atoms with Gasteiger partial charge in [-0.05, 0) is 24.3 Å². The molecule has 2 rings (SSSR count). The Balaban J connectivity index is 2.36. The summed E-state index contributed by atoms with van der Waals surface area (Å²) in [5.74, 6) is 0.603. The fraction of sp³-hybridized carbons (Fsp3) is 0.455. The lowest BCUT2D eigenvalue weighted by Gasteiger charge is -2.14. The van der Waals surface area contributed by atoms with Crippen LogP contribution in [0.15, 0.2) is 17.0 Å². The molecule has 1 aliphatic heterocycles. The van der Waals surface area contributed by atoms with Crippen LogP contribution in [0, 0.1) is 5.82 Å². The minimum Gasteiger partial charge on any atom is -0.392 e. The lowest BCUT2D eigenvalue weighted by atomic mass is 10.2. The first-order chi connectivity index (χ1) is 8.94. The number of sulfonamides is 1. The van der Waals surface area contributed by atoms with Gasteiger partial charge >= 0.3 is 0 Å². The number of nitrogens with one attached hydrogen (secondary N) is 1. The molecule has 8 heteroatoms.